The Bertz CT molecular complexity index is 828. The van der Waals surface area contributed by atoms with E-state index >= 15 is 0 Å². The lowest BCUT2D eigenvalue weighted by molar-refractivity contribution is -0.118. The zero-order valence-electron chi connectivity index (χ0n) is 13.8. The van der Waals surface area contributed by atoms with Crippen LogP contribution in [-0.4, -0.2) is 27.4 Å². The third-order valence-corrected chi connectivity index (χ3v) is 4.11. The highest BCUT2D eigenvalue weighted by Crippen LogP contribution is 2.18. The van der Waals surface area contributed by atoms with Crippen molar-refractivity contribution in [1.29, 1.82) is 5.26 Å². The van der Waals surface area contributed by atoms with E-state index in [1.54, 1.807) is 24.3 Å². The van der Waals surface area contributed by atoms with Crippen LogP contribution >= 0.6 is 11.8 Å². The molecule has 25 heavy (non-hydrogen) atoms. The number of Topliss-reactive ketones (excluding diaryl/α,β-unsaturated/α-hetero) is 1. The SMILES string of the molecule is CC(C)C(=O)Nc1ccc(C(=O)CSc2ncc(C#N)c(N)n2)cc1. The van der Waals surface area contributed by atoms with Crippen molar-refractivity contribution in [1.82, 2.24) is 9.97 Å². The van der Waals surface area contributed by atoms with Crippen molar-refractivity contribution in [2.24, 2.45) is 5.92 Å². The van der Waals surface area contributed by atoms with E-state index in [-0.39, 0.29) is 34.7 Å². The maximum atomic E-state index is 12.2. The van der Waals surface area contributed by atoms with E-state index < -0.39 is 0 Å². The second kappa shape index (κ2) is 8.26. The molecule has 128 valence electrons. The highest BCUT2D eigenvalue weighted by Gasteiger charge is 2.11. The van der Waals surface area contributed by atoms with Crippen LogP contribution in [0.15, 0.2) is 35.6 Å². The van der Waals surface area contributed by atoms with E-state index in [1.807, 2.05) is 19.9 Å². The van der Waals surface area contributed by atoms with Crippen molar-refractivity contribution in [2.75, 3.05) is 16.8 Å². The van der Waals surface area contributed by atoms with Crippen molar-refractivity contribution in [3.8, 4) is 6.07 Å². The summed E-state index contributed by atoms with van der Waals surface area (Å²) < 4.78 is 0. The molecule has 1 amide bonds. The molecular formula is C17H17N5O2S. The molecule has 0 fully saturated rings. The lowest BCUT2D eigenvalue weighted by atomic mass is 10.1. The Morgan fingerprint density at radius 2 is 2.00 bits per heavy atom. The number of nitrogen functional groups attached to an aromatic ring is 1. The minimum Gasteiger partial charge on any atom is -0.382 e. The number of ketones is 1. The van der Waals surface area contributed by atoms with Crippen LogP contribution in [0.5, 0.6) is 0 Å². The van der Waals surface area contributed by atoms with E-state index in [1.165, 1.54) is 6.20 Å². The van der Waals surface area contributed by atoms with Gasteiger partial charge in [-0.3, -0.25) is 9.59 Å². The number of rotatable bonds is 6. The number of hydrogen-bond acceptors (Lipinski definition) is 7. The number of thioether (sulfide) groups is 1. The summed E-state index contributed by atoms with van der Waals surface area (Å²) in [7, 11) is 0. The number of carbonyl (C=O) groups excluding carboxylic acids is 2. The molecule has 0 unspecified atom stereocenters. The first kappa shape index (κ1) is 18.4. The van der Waals surface area contributed by atoms with Gasteiger partial charge >= 0.3 is 0 Å². The molecule has 0 aliphatic carbocycles. The summed E-state index contributed by atoms with van der Waals surface area (Å²) in [6.07, 6.45) is 1.33. The highest BCUT2D eigenvalue weighted by atomic mass is 32.2. The van der Waals surface area contributed by atoms with Gasteiger partial charge in [0.1, 0.15) is 17.5 Å². The molecule has 1 heterocycles. The summed E-state index contributed by atoms with van der Waals surface area (Å²) in [6, 6.07) is 8.58. The normalized spacial score (nSPS) is 10.3. The third-order valence-electron chi connectivity index (χ3n) is 3.25. The fraction of sp³-hybridized carbons (Fsp3) is 0.235. The van der Waals surface area contributed by atoms with Crippen molar-refractivity contribution < 1.29 is 9.59 Å². The molecule has 2 aromatic rings. The lowest BCUT2D eigenvalue weighted by Gasteiger charge is -2.08. The van der Waals surface area contributed by atoms with Gasteiger partial charge in [0, 0.05) is 17.2 Å². The zero-order chi connectivity index (χ0) is 18.4. The Balaban J connectivity index is 1.96. The molecule has 0 atom stereocenters. The summed E-state index contributed by atoms with van der Waals surface area (Å²) in [5.74, 6) is -0.0537. The molecule has 1 aromatic carbocycles. The number of benzene rings is 1. The van der Waals surface area contributed by atoms with Crippen LogP contribution in [0.4, 0.5) is 11.5 Å². The van der Waals surface area contributed by atoms with Gasteiger partial charge in [0.2, 0.25) is 5.91 Å². The van der Waals surface area contributed by atoms with Gasteiger partial charge in [-0.2, -0.15) is 5.26 Å². The van der Waals surface area contributed by atoms with Gasteiger partial charge in [0.15, 0.2) is 10.9 Å². The smallest absolute Gasteiger partial charge is 0.226 e. The molecule has 3 N–H and O–H groups in total. The number of aromatic nitrogens is 2. The Morgan fingerprint density at radius 1 is 1.32 bits per heavy atom. The van der Waals surface area contributed by atoms with Gasteiger partial charge < -0.3 is 11.1 Å². The van der Waals surface area contributed by atoms with Crippen molar-refractivity contribution in [3.05, 3.63) is 41.6 Å². The van der Waals surface area contributed by atoms with Crippen LogP contribution in [0.25, 0.3) is 0 Å². The number of nitrogens with two attached hydrogens (primary N) is 1. The topological polar surface area (TPSA) is 122 Å². The first-order valence-electron chi connectivity index (χ1n) is 7.50. The van der Waals surface area contributed by atoms with Crippen molar-refractivity contribution in [2.45, 2.75) is 19.0 Å². The van der Waals surface area contributed by atoms with E-state index in [0.29, 0.717) is 16.4 Å². The summed E-state index contributed by atoms with van der Waals surface area (Å²) in [5, 5.41) is 11.9. The van der Waals surface area contributed by atoms with Crippen LogP contribution in [0.3, 0.4) is 0 Å². The van der Waals surface area contributed by atoms with Gasteiger partial charge in [-0.15, -0.1) is 0 Å². The summed E-state index contributed by atoms with van der Waals surface area (Å²) >= 11 is 1.14. The maximum absolute atomic E-state index is 12.2. The average Bonchev–Trinajstić information content (AvgIpc) is 2.60. The third kappa shape index (κ3) is 5.02. The number of carbonyl (C=O) groups is 2. The molecule has 0 aliphatic heterocycles. The molecule has 0 saturated heterocycles. The zero-order valence-corrected chi connectivity index (χ0v) is 14.6. The van der Waals surface area contributed by atoms with E-state index in [2.05, 4.69) is 15.3 Å². The van der Waals surface area contributed by atoms with Gasteiger partial charge in [0.05, 0.1) is 11.9 Å². The van der Waals surface area contributed by atoms with Crippen LogP contribution in [-0.2, 0) is 4.79 Å². The number of hydrogen-bond donors (Lipinski definition) is 2. The van der Waals surface area contributed by atoms with Gasteiger partial charge in [-0.05, 0) is 24.3 Å². The number of nitriles is 1. The van der Waals surface area contributed by atoms with Gasteiger partial charge in [-0.25, -0.2) is 9.97 Å². The molecule has 2 rings (SSSR count). The van der Waals surface area contributed by atoms with Crippen LogP contribution in [0, 0.1) is 17.2 Å². The predicted octanol–water partition coefficient (Wildman–Crippen LogP) is 2.50. The van der Waals surface area contributed by atoms with E-state index in [0.717, 1.165) is 11.8 Å². The number of nitrogens with one attached hydrogen (secondary N) is 1. The van der Waals surface area contributed by atoms with Crippen LogP contribution in [0.1, 0.15) is 29.8 Å². The Hall–Kier alpha value is -2.92. The number of nitrogens with zero attached hydrogens (tertiary/aromatic N) is 3. The lowest BCUT2D eigenvalue weighted by Crippen LogP contribution is -2.17. The second-order valence-electron chi connectivity index (χ2n) is 5.50. The first-order valence-corrected chi connectivity index (χ1v) is 8.48. The molecule has 0 aliphatic rings. The molecule has 0 saturated carbocycles. The molecule has 0 spiro atoms. The predicted molar refractivity (Wildman–Crippen MR) is 96.1 cm³/mol. The molecule has 7 nitrogen and oxygen atoms in total. The average molecular weight is 355 g/mol. The monoisotopic (exact) mass is 355 g/mol. The highest BCUT2D eigenvalue weighted by molar-refractivity contribution is 7.99. The summed E-state index contributed by atoms with van der Waals surface area (Å²) in [5.41, 5.74) is 6.99. The summed E-state index contributed by atoms with van der Waals surface area (Å²) in [4.78, 5) is 31.8. The van der Waals surface area contributed by atoms with Crippen molar-refractivity contribution in [3.63, 3.8) is 0 Å². The molecule has 0 bridgehead atoms. The molecule has 8 heteroatoms. The quantitative estimate of drug-likeness (QED) is 0.464. The first-order chi connectivity index (χ1) is 11.9. The Kier molecular flexibility index (Phi) is 6.08. The Labute approximate surface area is 149 Å². The van der Waals surface area contributed by atoms with E-state index in [9.17, 15) is 9.59 Å². The number of amides is 1. The fourth-order valence-corrected chi connectivity index (χ4v) is 2.49. The molecule has 0 radical (unpaired) electrons. The summed E-state index contributed by atoms with van der Waals surface area (Å²) in [6.45, 7) is 3.62. The minimum atomic E-state index is -0.113. The largest absolute Gasteiger partial charge is 0.382 e. The standard InChI is InChI=1S/C17H17N5O2S/c1-10(2)16(24)21-13-5-3-11(4-6-13)14(23)9-25-17-20-8-12(7-18)15(19)22-17/h3-6,8,10H,9H2,1-2H3,(H,21,24)(H2,19,20,22). The molecular weight excluding hydrogens is 338 g/mol. The second-order valence-corrected chi connectivity index (χ2v) is 6.44. The minimum absolute atomic E-state index is 0.0785. The Morgan fingerprint density at radius 3 is 2.56 bits per heavy atom. The number of anilines is 2. The van der Waals surface area contributed by atoms with Crippen LogP contribution in [0.2, 0.25) is 0 Å². The maximum Gasteiger partial charge on any atom is 0.226 e. The van der Waals surface area contributed by atoms with Gasteiger partial charge in [-0.1, -0.05) is 25.6 Å². The molecule has 1 aromatic heterocycles. The van der Waals surface area contributed by atoms with Crippen LogP contribution < -0.4 is 11.1 Å². The van der Waals surface area contributed by atoms with E-state index in [4.69, 9.17) is 11.0 Å². The van der Waals surface area contributed by atoms with Gasteiger partial charge in [0.25, 0.3) is 0 Å². The van der Waals surface area contributed by atoms with Crippen molar-refractivity contribution >= 4 is 35.0 Å². The fourth-order valence-electron chi connectivity index (χ4n) is 1.77.